The Hall–Kier alpha value is -0.490. The van der Waals surface area contributed by atoms with E-state index >= 15 is 0 Å². The summed E-state index contributed by atoms with van der Waals surface area (Å²) in [6, 6.07) is 3.67. The summed E-state index contributed by atoms with van der Waals surface area (Å²) in [5.41, 5.74) is 0.780. The molecule has 0 N–H and O–H groups in total. The van der Waals surface area contributed by atoms with Gasteiger partial charge in [0, 0.05) is 17.0 Å². The standard InChI is InChI=1S/C10H8BrClN2OS/c1-15-4-7-3-9(12)14-10(13-7)8-2-6(11)5-16-8/h2-3,5H,4H2,1H3. The van der Waals surface area contributed by atoms with Gasteiger partial charge >= 0.3 is 0 Å². The SMILES string of the molecule is COCc1cc(Cl)nc(-c2cc(Br)cs2)n1. The molecule has 84 valence electrons. The van der Waals surface area contributed by atoms with Gasteiger partial charge in [-0.1, -0.05) is 11.6 Å². The molecule has 0 unspecified atom stereocenters. The van der Waals surface area contributed by atoms with Gasteiger partial charge in [-0.3, -0.25) is 0 Å². The van der Waals surface area contributed by atoms with Crippen molar-refractivity contribution in [2.24, 2.45) is 0 Å². The van der Waals surface area contributed by atoms with Crippen LogP contribution in [0.2, 0.25) is 5.15 Å². The van der Waals surface area contributed by atoms with Gasteiger partial charge in [0.2, 0.25) is 0 Å². The fourth-order valence-electron chi connectivity index (χ4n) is 1.23. The maximum Gasteiger partial charge on any atom is 0.171 e. The summed E-state index contributed by atoms with van der Waals surface area (Å²) in [4.78, 5) is 9.54. The lowest BCUT2D eigenvalue weighted by Crippen LogP contribution is -1.96. The molecule has 0 bridgehead atoms. The van der Waals surface area contributed by atoms with Crippen LogP contribution in [0.25, 0.3) is 10.7 Å². The summed E-state index contributed by atoms with van der Waals surface area (Å²) in [6.07, 6.45) is 0. The minimum atomic E-state index is 0.432. The summed E-state index contributed by atoms with van der Waals surface area (Å²) < 4.78 is 6.04. The molecule has 0 radical (unpaired) electrons. The third-order valence-electron chi connectivity index (χ3n) is 1.83. The number of aromatic nitrogens is 2. The Morgan fingerprint density at radius 1 is 1.44 bits per heavy atom. The average molecular weight is 320 g/mol. The number of halogens is 2. The fourth-order valence-corrected chi connectivity index (χ4v) is 2.79. The van der Waals surface area contributed by atoms with Gasteiger partial charge in [0.1, 0.15) is 5.15 Å². The molecule has 0 aromatic carbocycles. The van der Waals surface area contributed by atoms with Crippen LogP contribution in [0.15, 0.2) is 22.0 Å². The van der Waals surface area contributed by atoms with E-state index in [0.29, 0.717) is 17.6 Å². The molecule has 2 aromatic rings. The minimum absolute atomic E-state index is 0.432. The van der Waals surface area contributed by atoms with Crippen molar-refractivity contribution < 1.29 is 4.74 Å². The fraction of sp³-hybridized carbons (Fsp3) is 0.200. The van der Waals surface area contributed by atoms with E-state index in [1.807, 2.05) is 11.4 Å². The largest absolute Gasteiger partial charge is 0.378 e. The van der Waals surface area contributed by atoms with E-state index in [1.165, 1.54) is 0 Å². The molecule has 0 atom stereocenters. The second-order valence-electron chi connectivity index (χ2n) is 3.07. The number of hydrogen-bond donors (Lipinski definition) is 0. The van der Waals surface area contributed by atoms with Gasteiger partial charge in [0.15, 0.2) is 5.82 Å². The minimum Gasteiger partial charge on any atom is -0.378 e. The Balaban J connectivity index is 2.40. The monoisotopic (exact) mass is 318 g/mol. The van der Waals surface area contributed by atoms with Crippen LogP contribution < -0.4 is 0 Å². The zero-order valence-electron chi connectivity index (χ0n) is 8.41. The number of thiophene rings is 1. The Kier molecular flexibility index (Phi) is 3.91. The molecule has 6 heteroatoms. The maximum absolute atomic E-state index is 5.93. The predicted molar refractivity (Wildman–Crippen MR) is 68.8 cm³/mol. The Morgan fingerprint density at radius 3 is 2.88 bits per heavy atom. The third-order valence-corrected chi connectivity index (χ3v) is 3.71. The molecule has 0 amide bonds. The molecule has 2 rings (SSSR count). The molecule has 0 saturated heterocycles. The van der Waals surface area contributed by atoms with Crippen LogP contribution in [0, 0.1) is 0 Å². The Bertz CT molecular complexity index is 503. The second kappa shape index (κ2) is 5.23. The predicted octanol–water partition coefficient (Wildman–Crippen LogP) is 3.77. The highest BCUT2D eigenvalue weighted by molar-refractivity contribution is 9.10. The molecule has 0 saturated carbocycles. The first kappa shape index (κ1) is 12.0. The van der Waals surface area contributed by atoms with Gasteiger partial charge in [-0.2, -0.15) is 0 Å². The van der Waals surface area contributed by atoms with Gasteiger partial charge < -0.3 is 4.74 Å². The summed E-state index contributed by atoms with van der Waals surface area (Å²) in [5.74, 6) is 0.634. The van der Waals surface area contributed by atoms with Crippen LogP contribution in [0.3, 0.4) is 0 Å². The third kappa shape index (κ3) is 2.79. The van der Waals surface area contributed by atoms with E-state index in [1.54, 1.807) is 24.5 Å². The molecular formula is C10H8BrClN2OS. The molecule has 16 heavy (non-hydrogen) atoms. The Morgan fingerprint density at radius 2 is 2.25 bits per heavy atom. The average Bonchev–Trinajstić information content (AvgIpc) is 2.64. The van der Waals surface area contributed by atoms with Crippen LogP contribution in [-0.4, -0.2) is 17.1 Å². The maximum atomic E-state index is 5.93. The normalized spacial score (nSPS) is 10.7. The van der Waals surface area contributed by atoms with E-state index in [2.05, 4.69) is 25.9 Å². The van der Waals surface area contributed by atoms with E-state index < -0.39 is 0 Å². The summed E-state index contributed by atoms with van der Waals surface area (Å²) in [5, 5.41) is 2.41. The number of hydrogen-bond acceptors (Lipinski definition) is 4. The molecule has 0 aliphatic heterocycles. The van der Waals surface area contributed by atoms with Crippen molar-refractivity contribution in [1.82, 2.24) is 9.97 Å². The number of ether oxygens (including phenoxy) is 1. The lowest BCUT2D eigenvalue weighted by molar-refractivity contribution is 0.181. The quantitative estimate of drug-likeness (QED) is 0.808. The molecular weight excluding hydrogens is 312 g/mol. The van der Waals surface area contributed by atoms with Gasteiger partial charge in [-0.25, -0.2) is 9.97 Å². The van der Waals surface area contributed by atoms with Crippen LogP contribution in [0.1, 0.15) is 5.69 Å². The van der Waals surface area contributed by atoms with E-state index in [9.17, 15) is 0 Å². The highest BCUT2D eigenvalue weighted by Crippen LogP contribution is 2.28. The first-order valence-electron chi connectivity index (χ1n) is 4.46. The first-order valence-corrected chi connectivity index (χ1v) is 6.51. The number of rotatable bonds is 3. The number of methoxy groups -OCH3 is 1. The van der Waals surface area contributed by atoms with Crippen LogP contribution in [0.5, 0.6) is 0 Å². The van der Waals surface area contributed by atoms with Crippen molar-refractivity contribution in [3.63, 3.8) is 0 Å². The van der Waals surface area contributed by atoms with Crippen LogP contribution in [-0.2, 0) is 11.3 Å². The van der Waals surface area contributed by atoms with Crippen LogP contribution in [0.4, 0.5) is 0 Å². The van der Waals surface area contributed by atoms with E-state index in [4.69, 9.17) is 16.3 Å². The van der Waals surface area contributed by atoms with Crippen molar-refractivity contribution in [2.75, 3.05) is 7.11 Å². The van der Waals surface area contributed by atoms with Crippen molar-refractivity contribution in [3.05, 3.63) is 32.8 Å². The smallest absolute Gasteiger partial charge is 0.171 e. The van der Waals surface area contributed by atoms with Gasteiger partial charge in [-0.15, -0.1) is 11.3 Å². The van der Waals surface area contributed by atoms with Crippen LogP contribution >= 0.6 is 38.9 Å². The van der Waals surface area contributed by atoms with Crippen molar-refractivity contribution in [1.29, 1.82) is 0 Å². The zero-order chi connectivity index (χ0) is 11.5. The topological polar surface area (TPSA) is 35.0 Å². The van der Waals surface area contributed by atoms with E-state index in [-0.39, 0.29) is 0 Å². The zero-order valence-corrected chi connectivity index (χ0v) is 11.6. The van der Waals surface area contributed by atoms with Crippen molar-refractivity contribution in [3.8, 4) is 10.7 Å². The summed E-state index contributed by atoms with van der Waals surface area (Å²) >= 11 is 10.9. The molecule has 3 nitrogen and oxygen atoms in total. The van der Waals surface area contributed by atoms with Crippen molar-refractivity contribution in [2.45, 2.75) is 6.61 Å². The second-order valence-corrected chi connectivity index (χ2v) is 5.28. The highest BCUT2D eigenvalue weighted by Gasteiger charge is 2.08. The molecule has 2 aromatic heterocycles. The molecule has 2 heterocycles. The molecule has 0 spiro atoms. The number of nitrogens with zero attached hydrogens (tertiary/aromatic N) is 2. The van der Waals surface area contributed by atoms with Gasteiger partial charge in [-0.05, 0) is 28.1 Å². The Labute approximate surface area is 111 Å². The van der Waals surface area contributed by atoms with E-state index in [0.717, 1.165) is 15.0 Å². The first-order chi connectivity index (χ1) is 7.69. The summed E-state index contributed by atoms with van der Waals surface area (Å²) in [7, 11) is 1.62. The van der Waals surface area contributed by atoms with Gasteiger partial charge in [0.05, 0.1) is 17.2 Å². The molecule has 0 aliphatic rings. The summed E-state index contributed by atoms with van der Waals surface area (Å²) in [6.45, 7) is 0.432. The lowest BCUT2D eigenvalue weighted by atomic mass is 10.4. The lowest BCUT2D eigenvalue weighted by Gasteiger charge is -2.02. The van der Waals surface area contributed by atoms with Crippen molar-refractivity contribution >= 4 is 38.9 Å². The highest BCUT2D eigenvalue weighted by atomic mass is 79.9. The molecule has 0 fully saturated rings. The van der Waals surface area contributed by atoms with Gasteiger partial charge in [0.25, 0.3) is 0 Å². The molecule has 0 aliphatic carbocycles.